The van der Waals surface area contributed by atoms with Gasteiger partial charge in [0.2, 0.25) is 5.91 Å². The Morgan fingerprint density at radius 1 is 1.00 bits per heavy atom. The minimum atomic E-state index is -3.98. The van der Waals surface area contributed by atoms with Crippen molar-refractivity contribution >= 4 is 16.0 Å². The summed E-state index contributed by atoms with van der Waals surface area (Å²) < 4.78 is 29.4. The van der Waals surface area contributed by atoms with Crippen LogP contribution < -0.4 is 34.9 Å². The fourth-order valence-electron chi connectivity index (χ4n) is 2.00. The van der Waals surface area contributed by atoms with E-state index in [4.69, 9.17) is 4.55 Å². The van der Waals surface area contributed by atoms with Gasteiger partial charge in [-0.15, -0.1) is 0 Å². The minimum absolute atomic E-state index is 0. The van der Waals surface area contributed by atoms with Crippen molar-refractivity contribution in [3.63, 3.8) is 0 Å². The van der Waals surface area contributed by atoms with Gasteiger partial charge in [0, 0.05) is 13.0 Å². The van der Waals surface area contributed by atoms with E-state index in [0.717, 1.165) is 19.3 Å². The molecule has 0 radical (unpaired) electrons. The van der Waals surface area contributed by atoms with Gasteiger partial charge in [-0.05, 0) is 6.42 Å². The molecule has 0 aliphatic heterocycles. The Labute approximate surface area is 153 Å². The van der Waals surface area contributed by atoms with Gasteiger partial charge in [-0.2, -0.15) is 8.42 Å². The van der Waals surface area contributed by atoms with E-state index in [9.17, 15) is 13.2 Å². The standard InChI is InChI=1S/C14H29NO4S.Na.H/c1-2-3-4-5-6-7-8-9-10-11-14(16)15-12-13-20(17,18)19;;/h2-13H2,1H3,(H,15,16)(H,17,18,19);;/q;+1;-1. The summed E-state index contributed by atoms with van der Waals surface area (Å²) in [5.41, 5.74) is 0. The normalized spacial score (nSPS) is 11.0. The van der Waals surface area contributed by atoms with Gasteiger partial charge in [0.25, 0.3) is 10.1 Å². The zero-order valence-corrected chi connectivity index (χ0v) is 16.4. The summed E-state index contributed by atoms with van der Waals surface area (Å²) in [5.74, 6) is -0.562. The van der Waals surface area contributed by atoms with Crippen LogP contribution >= 0.6 is 0 Å². The Bertz CT molecular complexity index is 353. The van der Waals surface area contributed by atoms with Crippen molar-refractivity contribution in [2.45, 2.75) is 71.1 Å². The predicted octanol–water partition coefficient (Wildman–Crippen LogP) is 0.0278. The number of carbonyl (C=O) groups is 1. The Morgan fingerprint density at radius 3 is 1.95 bits per heavy atom. The van der Waals surface area contributed by atoms with Crippen LogP contribution in [0.2, 0.25) is 0 Å². The van der Waals surface area contributed by atoms with E-state index in [2.05, 4.69) is 12.2 Å². The fraction of sp³-hybridized carbons (Fsp3) is 0.929. The largest absolute Gasteiger partial charge is 1.00 e. The van der Waals surface area contributed by atoms with Crippen LogP contribution in [0.1, 0.15) is 72.6 Å². The smallest absolute Gasteiger partial charge is 1.00 e. The molecule has 0 saturated heterocycles. The average Bonchev–Trinajstić information content (AvgIpc) is 2.35. The van der Waals surface area contributed by atoms with Crippen LogP contribution in [0.25, 0.3) is 0 Å². The van der Waals surface area contributed by atoms with E-state index in [1.165, 1.54) is 38.5 Å². The molecule has 0 fully saturated rings. The number of nitrogens with one attached hydrogen (secondary N) is 1. The Balaban J connectivity index is -0.00000180. The van der Waals surface area contributed by atoms with Crippen molar-refractivity contribution in [1.29, 1.82) is 0 Å². The zero-order chi connectivity index (χ0) is 15.3. The second-order valence-electron chi connectivity index (χ2n) is 5.21. The van der Waals surface area contributed by atoms with Gasteiger partial charge < -0.3 is 6.74 Å². The molecule has 21 heavy (non-hydrogen) atoms. The van der Waals surface area contributed by atoms with Crippen LogP contribution in [0.5, 0.6) is 0 Å². The summed E-state index contributed by atoms with van der Waals surface area (Å²) in [6, 6.07) is 0. The molecule has 0 saturated carbocycles. The molecular weight excluding hydrogens is 301 g/mol. The molecular formula is C14H30NNaO4S. The molecule has 7 heteroatoms. The van der Waals surface area contributed by atoms with E-state index >= 15 is 0 Å². The number of hydrogen-bond donors (Lipinski definition) is 2. The minimum Gasteiger partial charge on any atom is -1.00 e. The van der Waals surface area contributed by atoms with Crippen molar-refractivity contribution in [2.75, 3.05) is 12.3 Å². The third-order valence-corrected chi connectivity index (χ3v) is 3.91. The van der Waals surface area contributed by atoms with Gasteiger partial charge in [-0.3, -0.25) is 9.35 Å². The molecule has 0 rings (SSSR count). The molecule has 0 unspecified atom stereocenters. The van der Waals surface area contributed by atoms with Crippen molar-refractivity contribution < 1.29 is 48.7 Å². The second-order valence-corrected chi connectivity index (χ2v) is 6.79. The van der Waals surface area contributed by atoms with E-state index in [1.54, 1.807) is 0 Å². The topological polar surface area (TPSA) is 83.5 Å². The molecule has 1 amide bonds. The molecule has 0 aliphatic carbocycles. The monoisotopic (exact) mass is 331 g/mol. The van der Waals surface area contributed by atoms with E-state index in [1.807, 2.05) is 0 Å². The summed E-state index contributed by atoms with van der Waals surface area (Å²) in [4.78, 5) is 11.3. The van der Waals surface area contributed by atoms with E-state index < -0.39 is 15.9 Å². The first-order valence-electron chi connectivity index (χ1n) is 7.67. The van der Waals surface area contributed by atoms with Gasteiger partial charge in [0.1, 0.15) is 0 Å². The van der Waals surface area contributed by atoms with Crippen LogP contribution in [0, 0.1) is 0 Å². The maximum absolute atomic E-state index is 11.3. The van der Waals surface area contributed by atoms with Crippen LogP contribution in [0.15, 0.2) is 0 Å². The van der Waals surface area contributed by atoms with Gasteiger partial charge in [-0.25, -0.2) is 0 Å². The average molecular weight is 331 g/mol. The SMILES string of the molecule is CCCCCCCCCCCC(=O)NCCS(=O)(=O)O.[H-].[Na+]. The molecule has 0 aromatic rings. The number of amides is 1. The number of carbonyl (C=O) groups excluding carboxylic acids is 1. The molecule has 0 heterocycles. The molecule has 5 nitrogen and oxygen atoms in total. The Morgan fingerprint density at radius 2 is 1.48 bits per heavy atom. The maximum Gasteiger partial charge on any atom is 1.00 e. The zero-order valence-electron chi connectivity index (χ0n) is 14.6. The van der Waals surface area contributed by atoms with Crippen molar-refractivity contribution in [1.82, 2.24) is 5.32 Å². The van der Waals surface area contributed by atoms with Gasteiger partial charge >= 0.3 is 29.6 Å². The second kappa shape index (κ2) is 15.3. The summed E-state index contributed by atoms with van der Waals surface area (Å²) in [6.45, 7) is 2.19. The predicted molar refractivity (Wildman–Crippen MR) is 82.4 cm³/mol. The maximum atomic E-state index is 11.3. The molecule has 0 atom stereocenters. The van der Waals surface area contributed by atoms with Gasteiger partial charge in [-0.1, -0.05) is 58.3 Å². The van der Waals surface area contributed by atoms with Crippen molar-refractivity contribution in [3.05, 3.63) is 0 Å². The first kappa shape index (κ1) is 23.6. The van der Waals surface area contributed by atoms with Crippen molar-refractivity contribution in [3.8, 4) is 0 Å². The molecule has 0 aliphatic rings. The molecule has 0 bridgehead atoms. The summed E-state index contributed by atoms with van der Waals surface area (Å²) in [5, 5.41) is 2.49. The Kier molecular flexibility index (Phi) is 17.2. The Hall–Kier alpha value is 0.380. The van der Waals surface area contributed by atoms with Crippen LogP contribution in [-0.2, 0) is 14.9 Å². The van der Waals surface area contributed by atoms with Gasteiger partial charge in [0.05, 0.1) is 5.75 Å². The third kappa shape index (κ3) is 20.4. The molecule has 0 spiro atoms. The van der Waals surface area contributed by atoms with Crippen LogP contribution in [-0.4, -0.2) is 31.2 Å². The third-order valence-electron chi connectivity index (χ3n) is 3.19. The van der Waals surface area contributed by atoms with E-state index in [-0.39, 0.29) is 43.4 Å². The number of hydrogen-bond acceptors (Lipinski definition) is 3. The summed E-state index contributed by atoms with van der Waals surface area (Å²) in [6.07, 6.45) is 11.2. The quantitative estimate of drug-likeness (QED) is 0.283. The molecule has 0 aromatic heterocycles. The number of unbranched alkanes of at least 4 members (excludes halogenated alkanes) is 8. The van der Waals surface area contributed by atoms with Crippen LogP contribution in [0.4, 0.5) is 0 Å². The fourth-order valence-corrected chi connectivity index (χ4v) is 2.36. The summed E-state index contributed by atoms with van der Waals surface area (Å²) >= 11 is 0. The first-order valence-corrected chi connectivity index (χ1v) is 9.28. The molecule has 2 N–H and O–H groups in total. The molecule has 0 aromatic carbocycles. The molecule has 122 valence electrons. The first-order chi connectivity index (χ1) is 9.45. The van der Waals surface area contributed by atoms with E-state index in [0.29, 0.717) is 6.42 Å². The van der Waals surface area contributed by atoms with Crippen LogP contribution in [0.3, 0.4) is 0 Å². The number of rotatable bonds is 13. The van der Waals surface area contributed by atoms with Crippen molar-refractivity contribution in [2.24, 2.45) is 0 Å². The summed E-state index contributed by atoms with van der Waals surface area (Å²) in [7, 11) is -3.98. The van der Waals surface area contributed by atoms with Gasteiger partial charge in [0.15, 0.2) is 0 Å².